The maximum Gasteiger partial charge on any atom is 0.312 e. The second kappa shape index (κ2) is 31.8. The van der Waals surface area contributed by atoms with E-state index in [1.807, 2.05) is 23.5 Å². The lowest BCUT2D eigenvalue weighted by atomic mass is 10.1. The molecule has 0 aliphatic carbocycles. The predicted molar refractivity (Wildman–Crippen MR) is 226 cm³/mol. The molecule has 4 unspecified atom stereocenters. The van der Waals surface area contributed by atoms with Crippen LogP contribution < -0.4 is 20.1 Å². The zero-order chi connectivity index (χ0) is 39.2. The van der Waals surface area contributed by atoms with E-state index in [4.69, 9.17) is 40.3 Å². The van der Waals surface area contributed by atoms with Crippen molar-refractivity contribution in [2.45, 2.75) is 75.0 Å². The van der Waals surface area contributed by atoms with Gasteiger partial charge in [-0.1, -0.05) is 38.5 Å². The van der Waals surface area contributed by atoms with Gasteiger partial charge in [0, 0.05) is 37.7 Å². The van der Waals surface area contributed by atoms with Gasteiger partial charge in [-0.3, -0.25) is 9.59 Å². The monoisotopic (exact) mass is 868 g/mol. The highest BCUT2D eigenvalue weighted by Gasteiger charge is 2.17. The molecule has 2 aromatic rings. The van der Waals surface area contributed by atoms with Crippen LogP contribution in [0.2, 0.25) is 0 Å². The van der Waals surface area contributed by atoms with Crippen molar-refractivity contribution in [1.29, 1.82) is 0 Å². The first kappa shape index (κ1) is 48.9. The maximum absolute atomic E-state index is 12.2. The number of hydrogen-bond acceptors (Lipinski definition) is 12. The Bertz CT molecular complexity index is 1160. The molecular weight excluding hydrogens is 812 g/mol. The van der Waals surface area contributed by atoms with Crippen LogP contribution in [0.15, 0.2) is 58.3 Å². The van der Waals surface area contributed by atoms with E-state index >= 15 is 0 Å². The fourth-order valence-electron chi connectivity index (χ4n) is 4.81. The van der Waals surface area contributed by atoms with Crippen LogP contribution in [0.4, 0.5) is 0 Å². The summed E-state index contributed by atoms with van der Waals surface area (Å²) in [7, 11) is 8.00. The second-order valence-electron chi connectivity index (χ2n) is 12.7. The summed E-state index contributed by atoms with van der Waals surface area (Å²) in [5.41, 5.74) is 0. The van der Waals surface area contributed by atoms with Crippen LogP contribution in [0.1, 0.15) is 65.2 Å². The summed E-state index contributed by atoms with van der Waals surface area (Å²) in [5.74, 6) is 4.29. The first-order valence-electron chi connectivity index (χ1n) is 18.7. The van der Waals surface area contributed by atoms with Crippen molar-refractivity contribution in [2.75, 3.05) is 75.6 Å². The molecule has 2 aromatic carbocycles. The number of carbonyl (C=O) groups excluding carboxylic acids is 2. The van der Waals surface area contributed by atoms with Crippen LogP contribution in [0.5, 0.6) is 11.5 Å². The molecule has 10 nitrogen and oxygen atoms in total. The van der Waals surface area contributed by atoms with E-state index in [0.717, 1.165) is 24.6 Å². The third kappa shape index (κ3) is 24.4. The Morgan fingerprint density at radius 1 is 0.593 bits per heavy atom. The van der Waals surface area contributed by atoms with Gasteiger partial charge in [0.15, 0.2) is 31.2 Å². The van der Waals surface area contributed by atoms with Crippen molar-refractivity contribution in [1.82, 2.24) is 10.6 Å². The van der Waals surface area contributed by atoms with E-state index in [0.29, 0.717) is 47.6 Å². The van der Waals surface area contributed by atoms with Crippen LogP contribution in [-0.4, -0.2) is 96.7 Å². The molecule has 16 heteroatoms. The second-order valence-corrected chi connectivity index (χ2v) is 18.7. The molecule has 4 atom stereocenters. The van der Waals surface area contributed by atoms with Gasteiger partial charge in [-0.05, 0) is 86.7 Å². The summed E-state index contributed by atoms with van der Waals surface area (Å²) in [4.78, 5) is 25.4. The molecule has 306 valence electrons. The lowest BCUT2D eigenvalue weighted by Crippen LogP contribution is -2.27. The molecule has 0 aliphatic rings. The smallest absolute Gasteiger partial charge is 0.312 e. The standard InChI is InChI=1S/C38H58Cl2N2O8S4/c1-31(29-49-33-11-15-35(16-12-33)53(39)45)37(43)47-23-19-41-21-27-51-25-9-7-5-3-4-6-8-10-26-52-28-22-42-20-24-48-38(44)32(2)30-50-34-13-17-36(18-14-34)54(40)46/h11-18,31-32,41-42H,3-10,19-30H2,1-2H3. The predicted octanol–water partition coefficient (Wildman–Crippen LogP) is 7.79. The molecule has 0 amide bonds. The van der Waals surface area contributed by atoms with E-state index in [9.17, 15) is 18.7 Å². The van der Waals surface area contributed by atoms with Crippen LogP contribution >= 0.6 is 44.9 Å². The molecule has 0 heterocycles. The summed E-state index contributed by atoms with van der Waals surface area (Å²) >= 11 is 3.94. The third-order valence-corrected chi connectivity index (χ3v) is 12.5. The van der Waals surface area contributed by atoms with Crippen molar-refractivity contribution in [3.63, 3.8) is 0 Å². The number of carbonyl (C=O) groups is 2. The summed E-state index contributed by atoms with van der Waals surface area (Å²) in [6.45, 7) is 7.68. The third-order valence-electron chi connectivity index (χ3n) is 8.04. The Labute approximate surface area is 346 Å². The molecule has 0 fully saturated rings. The molecule has 2 rings (SSSR count). The highest BCUT2D eigenvalue weighted by molar-refractivity contribution is 8.14. The number of hydrogen-bond donors (Lipinski definition) is 2. The van der Waals surface area contributed by atoms with Gasteiger partial charge in [-0.2, -0.15) is 23.5 Å². The van der Waals surface area contributed by atoms with Crippen molar-refractivity contribution in [3.8, 4) is 11.5 Å². The highest BCUT2D eigenvalue weighted by Crippen LogP contribution is 2.21. The van der Waals surface area contributed by atoms with Gasteiger partial charge >= 0.3 is 11.9 Å². The van der Waals surface area contributed by atoms with Gasteiger partial charge < -0.3 is 38.7 Å². The SMILES string of the molecule is CC(COc1ccc([S+]([O-])Cl)cc1)C(=O)OCCNCCSCCCCCCCCCCSCCNCCOC(=O)C(C)COc1ccc([S+]([O-])Cl)cc1. The van der Waals surface area contributed by atoms with Crippen molar-refractivity contribution in [3.05, 3.63) is 48.5 Å². The quantitative estimate of drug-likeness (QED) is 0.0411. The van der Waals surface area contributed by atoms with Gasteiger partial charge in [0.1, 0.15) is 58.7 Å². The molecule has 2 N–H and O–H groups in total. The van der Waals surface area contributed by atoms with E-state index < -0.39 is 20.8 Å². The topological polar surface area (TPSA) is 141 Å². The van der Waals surface area contributed by atoms with Crippen LogP contribution in [0.25, 0.3) is 0 Å². The van der Waals surface area contributed by atoms with Crippen molar-refractivity contribution >= 4 is 77.6 Å². The number of benzene rings is 2. The Morgan fingerprint density at radius 3 is 1.30 bits per heavy atom. The summed E-state index contributed by atoms with van der Waals surface area (Å²) in [6.07, 6.45) is 10.4. The summed E-state index contributed by atoms with van der Waals surface area (Å²) < 4.78 is 44.4. The molecule has 54 heavy (non-hydrogen) atoms. The van der Waals surface area contributed by atoms with Gasteiger partial charge in [0.25, 0.3) is 0 Å². The normalized spacial score (nSPS) is 13.5. The van der Waals surface area contributed by atoms with Crippen molar-refractivity contribution in [2.24, 2.45) is 11.8 Å². The fraction of sp³-hybridized carbons (Fsp3) is 0.632. The van der Waals surface area contributed by atoms with E-state index in [-0.39, 0.29) is 37.0 Å². The van der Waals surface area contributed by atoms with Crippen LogP contribution in [0.3, 0.4) is 0 Å². The average molecular weight is 870 g/mol. The number of unbranched alkanes of at least 4 members (excludes halogenated alkanes) is 7. The molecule has 0 bridgehead atoms. The van der Waals surface area contributed by atoms with Gasteiger partial charge in [-0.25, -0.2) is 0 Å². The van der Waals surface area contributed by atoms with E-state index in [1.165, 1.54) is 62.9 Å². The van der Waals surface area contributed by atoms with Crippen molar-refractivity contribution < 1.29 is 37.6 Å². The molecule has 0 spiro atoms. The van der Waals surface area contributed by atoms with E-state index in [2.05, 4.69) is 10.6 Å². The number of esters is 2. The first-order chi connectivity index (χ1) is 26.2. The number of rotatable bonds is 33. The number of halogens is 2. The largest absolute Gasteiger partial charge is 0.594 e. The lowest BCUT2D eigenvalue weighted by molar-refractivity contribution is -0.149. The Hall–Kier alpha value is -1.20. The Balaban J connectivity index is 1.25. The van der Waals surface area contributed by atoms with Crippen LogP contribution in [-0.2, 0) is 39.8 Å². The average Bonchev–Trinajstić information content (AvgIpc) is 3.17. The van der Waals surface area contributed by atoms with E-state index in [1.54, 1.807) is 62.4 Å². The number of nitrogens with one attached hydrogen (secondary N) is 2. The van der Waals surface area contributed by atoms with Crippen LogP contribution in [0, 0.1) is 11.8 Å². The maximum atomic E-state index is 12.2. The molecule has 0 saturated carbocycles. The molecular formula is C38H58Cl2N2O8S4. The zero-order valence-electron chi connectivity index (χ0n) is 31.6. The molecule has 0 saturated heterocycles. The molecule has 0 aliphatic heterocycles. The van der Waals surface area contributed by atoms with Gasteiger partial charge in [0.2, 0.25) is 0 Å². The minimum atomic E-state index is -1.55. The Morgan fingerprint density at radius 2 is 0.944 bits per heavy atom. The summed E-state index contributed by atoms with van der Waals surface area (Å²) in [5, 5.41) is 6.66. The lowest BCUT2D eigenvalue weighted by Gasteiger charge is -2.13. The fourth-order valence-corrected chi connectivity index (χ4v) is 7.93. The number of ether oxygens (including phenoxy) is 4. The van der Waals surface area contributed by atoms with Gasteiger partial charge in [0.05, 0.1) is 11.8 Å². The zero-order valence-corrected chi connectivity index (χ0v) is 36.3. The first-order valence-corrected chi connectivity index (χ1v) is 25.0. The number of thioether (sulfide) groups is 2. The Kier molecular flexibility index (Phi) is 28.9. The minimum Gasteiger partial charge on any atom is -0.594 e. The highest BCUT2D eigenvalue weighted by atomic mass is 35.7. The minimum absolute atomic E-state index is 0.206. The summed E-state index contributed by atoms with van der Waals surface area (Å²) in [6, 6.07) is 13.2. The molecule has 0 radical (unpaired) electrons. The van der Waals surface area contributed by atoms with Gasteiger partial charge in [-0.15, -0.1) is 0 Å². The molecule has 0 aromatic heterocycles.